The minimum atomic E-state index is 0.143. The van der Waals surface area contributed by atoms with Crippen LogP contribution in [0.1, 0.15) is 36.3 Å². The Kier molecular flexibility index (Phi) is 2.55. The van der Waals surface area contributed by atoms with Crippen LogP contribution in [-0.2, 0) is 4.79 Å². The Hall–Kier alpha value is -1.15. The quantitative estimate of drug-likeness (QED) is 0.737. The fraction of sp³-hybridized carbons (Fsp3) is 0.533. The summed E-state index contributed by atoms with van der Waals surface area (Å²) in [4.78, 5) is 14.7. The molecular formula is C15H19NO. The van der Waals surface area contributed by atoms with E-state index in [1.807, 2.05) is 0 Å². The van der Waals surface area contributed by atoms with E-state index in [-0.39, 0.29) is 12.0 Å². The number of ketones is 1. The molecule has 2 heteroatoms. The number of hydrogen-bond acceptors (Lipinski definition) is 2. The average Bonchev–Trinajstić information content (AvgIpc) is 2.58. The van der Waals surface area contributed by atoms with Gasteiger partial charge in [0.15, 0.2) is 5.78 Å². The van der Waals surface area contributed by atoms with Gasteiger partial charge in [0.05, 0.1) is 6.04 Å². The molecule has 0 saturated carbocycles. The lowest BCUT2D eigenvalue weighted by molar-refractivity contribution is -0.127. The molecule has 0 unspecified atom stereocenters. The lowest BCUT2D eigenvalue weighted by Gasteiger charge is -2.35. The molecule has 3 rings (SSSR count). The molecule has 2 bridgehead atoms. The summed E-state index contributed by atoms with van der Waals surface area (Å²) in [5, 5.41) is 0. The van der Waals surface area contributed by atoms with E-state index < -0.39 is 0 Å². The third kappa shape index (κ3) is 1.71. The van der Waals surface area contributed by atoms with Crippen molar-refractivity contribution in [3.8, 4) is 0 Å². The van der Waals surface area contributed by atoms with Crippen LogP contribution < -0.4 is 0 Å². The highest BCUT2D eigenvalue weighted by Crippen LogP contribution is 2.39. The Morgan fingerprint density at radius 1 is 1.18 bits per heavy atom. The monoisotopic (exact) mass is 229 g/mol. The molecule has 0 aliphatic carbocycles. The zero-order valence-electron chi connectivity index (χ0n) is 10.5. The number of carbonyl (C=O) groups is 1. The fourth-order valence-corrected chi connectivity index (χ4v) is 3.36. The Labute approximate surface area is 103 Å². The Morgan fingerprint density at radius 3 is 2.59 bits per heavy atom. The van der Waals surface area contributed by atoms with Crippen molar-refractivity contribution in [3.63, 3.8) is 0 Å². The second-order valence-electron chi connectivity index (χ2n) is 5.51. The highest BCUT2D eigenvalue weighted by Gasteiger charge is 2.44. The second kappa shape index (κ2) is 3.95. The summed E-state index contributed by atoms with van der Waals surface area (Å²) in [5.41, 5.74) is 2.47. The summed E-state index contributed by atoms with van der Waals surface area (Å²) in [6.07, 6.45) is 3.26. The van der Waals surface area contributed by atoms with Gasteiger partial charge in [0.25, 0.3) is 0 Å². The number of benzene rings is 1. The lowest BCUT2D eigenvalue weighted by atomic mass is 9.84. The molecule has 2 nitrogen and oxygen atoms in total. The predicted octanol–water partition coefficient (Wildman–Crippen LogP) is 2.51. The molecule has 2 heterocycles. The number of nitrogens with zero attached hydrogens (tertiary/aromatic N) is 1. The van der Waals surface area contributed by atoms with Gasteiger partial charge in [0.1, 0.15) is 0 Å². The predicted molar refractivity (Wildman–Crippen MR) is 68.1 cm³/mol. The first-order valence-corrected chi connectivity index (χ1v) is 6.49. The number of likely N-dealkylation sites (N-methyl/N-ethyl adjacent to an activating group) is 1. The van der Waals surface area contributed by atoms with Crippen molar-refractivity contribution in [2.45, 2.75) is 44.2 Å². The summed E-state index contributed by atoms with van der Waals surface area (Å²) >= 11 is 0. The maximum Gasteiger partial charge on any atom is 0.157 e. The molecule has 0 N–H and O–H groups in total. The summed E-state index contributed by atoms with van der Waals surface area (Å²) in [6, 6.07) is 9.28. The van der Waals surface area contributed by atoms with Gasteiger partial charge < -0.3 is 0 Å². The van der Waals surface area contributed by atoms with Gasteiger partial charge in [0.2, 0.25) is 0 Å². The maximum atomic E-state index is 12.4. The van der Waals surface area contributed by atoms with E-state index in [9.17, 15) is 4.79 Å². The Bertz CT molecular complexity index is 437. The Morgan fingerprint density at radius 2 is 1.88 bits per heavy atom. The minimum absolute atomic E-state index is 0.143. The van der Waals surface area contributed by atoms with Crippen LogP contribution in [0.4, 0.5) is 0 Å². The zero-order valence-corrected chi connectivity index (χ0v) is 10.5. The van der Waals surface area contributed by atoms with Gasteiger partial charge in [-0.2, -0.15) is 0 Å². The molecule has 0 aromatic heterocycles. The lowest BCUT2D eigenvalue weighted by Crippen LogP contribution is -2.46. The summed E-state index contributed by atoms with van der Waals surface area (Å²) < 4.78 is 0. The van der Waals surface area contributed by atoms with Gasteiger partial charge in [-0.1, -0.05) is 29.8 Å². The number of rotatable bonds is 1. The van der Waals surface area contributed by atoms with Crippen molar-refractivity contribution in [1.82, 2.24) is 4.90 Å². The van der Waals surface area contributed by atoms with E-state index in [4.69, 9.17) is 0 Å². The van der Waals surface area contributed by atoms with E-state index in [0.717, 1.165) is 12.8 Å². The van der Waals surface area contributed by atoms with Gasteiger partial charge in [-0.25, -0.2) is 0 Å². The molecule has 3 atom stereocenters. The van der Waals surface area contributed by atoms with Crippen LogP contribution in [0, 0.1) is 6.92 Å². The largest absolute Gasteiger partial charge is 0.297 e. The number of fused-ring (bicyclic) bond motifs is 2. The van der Waals surface area contributed by atoms with Crippen LogP contribution in [0.25, 0.3) is 0 Å². The van der Waals surface area contributed by atoms with E-state index in [1.54, 1.807) is 0 Å². The standard InChI is InChI=1S/C15H19NO/c1-10-3-5-11(6-4-10)13-9-12-7-8-14(15(13)17)16(12)2/h3-6,12-14H,7-9H2,1-2H3/t12-,13-,14+/m0/s1. The SMILES string of the molecule is Cc1ccc([C@@H]2C[C@@H]3CC[C@H](C2=O)N3C)cc1. The van der Waals surface area contributed by atoms with Crippen LogP contribution in [0.5, 0.6) is 0 Å². The zero-order chi connectivity index (χ0) is 12.0. The molecule has 2 fully saturated rings. The number of carbonyl (C=O) groups excluding carboxylic acids is 1. The Balaban J connectivity index is 1.90. The molecule has 2 saturated heterocycles. The average molecular weight is 229 g/mol. The third-order valence-corrected chi connectivity index (χ3v) is 4.50. The van der Waals surface area contributed by atoms with Crippen molar-refractivity contribution < 1.29 is 4.79 Å². The first-order chi connectivity index (χ1) is 8.16. The fourth-order valence-electron chi connectivity index (χ4n) is 3.36. The summed E-state index contributed by atoms with van der Waals surface area (Å²) in [6.45, 7) is 2.09. The van der Waals surface area contributed by atoms with Crippen molar-refractivity contribution in [2.75, 3.05) is 7.05 Å². The number of hydrogen-bond donors (Lipinski definition) is 0. The van der Waals surface area contributed by atoms with Gasteiger partial charge in [-0.05, 0) is 38.8 Å². The maximum absolute atomic E-state index is 12.4. The highest BCUT2D eigenvalue weighted by atomic mass is 16.1. The molecule has 1 aromatic rings. The van der Waals surface area contributed by atoms with Gasteiger partial charge in [-0.3, -0.25) is 9.69 Å². The second-order valence-corrected chi connectivity index (χ2v) is 5.51. The smallest absolute Gasteiger partial charge is 0.157 e. The van der Waals surface area contributed by atoms with Gasteiger partial charge in [0, 0.05) is 12.0 Å². The van der Waals surface area contributed by atoms with Crippen LogP contribution in [0.2, 0.25) is 0 Å². The number of Topliss-reactive ketones (excluding diaryl/α,β-unsaturated/α-hetero) is 1. The van der Waals surface area contributed by atoms with Gasteiger partial charge in [-0.15, -0.1) is 0 Å². The topological polar surface area (TPSA) is 20.3 Å². The van der Waals surface area contributed by atoms with Crippen molar-refractivity contribution in [1.29, 1.82) is 0 Å². The van der Waals surface area contributed by atoms with Crippen LogP contribution in [0.3, 0.4) is 0 Å². The van der Waals surface area contributed by atoms with E-state index in [1.165, 1.54) is 17.5 Å². The van der Waals surface area contributed by atoms with E-state index in [0.29, 0.717) is 11.8 Å². The molecule has 2 aliphatic rings. The van der Waals surface area contributed by atoms with Crippen LogP contribution >= 0.6 is 0 Å². The molecular weight excluding hydrogens is 210 g/mol. The summed E-state index contributed by atoms with van der Waals surface area (Å²) in [5.74, 6) is 0.578. The first-order valence-electron chi connectivity index (χ1n) is 6.49. The molecule has 1 aromatic carbocycles. The van der Waals surface area contributed by atoms with Crippen molar-refractivity contribution >= 4 is 5.78 Å². The molecule has 0 amide bonds. The number of piperidine rings is 1. The third-order valence-electron chi connectivity index (χ3n) is 4.50. The van der Waals surface area contributed by atoms with Gasteiger partial charge >= 0.3 is 0 Å². The molecule has 2 aliphatic heterocycles. The highest BCUT2D eigenvalue weighted by molar-refractivity contribution is 5.91. The minimum Gasteiger partial charge on any atom is -0.297 e. The normalized spacial score (nSPS) is 33.1. The molecule has 17 heavy (non-hydrogen) atoms. The molecule has 90 valence electrons. The first kappa shape index (κ1) is 11.0. The van der Waals surface area contributed by atoms with Crippen LogP contribution in [0.15, 0.2) is 24.3 Å². The molecule has 0 spiro atoms. The van der Waals surface area contributed by atoms with Crippen LogP contribution in [-0.4, -0.2) is 29.8 Å². The summed E-state index contributed by atoms with van der Waals surface area (Å²) in [7, 11) is 2.10. The molecule has 0 radical (unpaired) electrons. The van der Waals surface area contributed by atoms with E-state index in [2.05, 4.69) is 43.1 Å². The van der Waals surface area contributed by atoms with E-state index >= 15 is 0 Å². The van der Waals surface area contributed by atoms with Crippen molar-refractivity contribution in [3.05, 3.63) is 35.4 Å². The number of aryl methyl sites for hydroxylation is 1. The van der Waals surface area contributed by atoms with Crippen molar-refractivity contribution in [2.24, 2.45) is 0 Å².